The number of hydrogen-bond donors (Lipinski definition) is 0. The van der Waals surface area contributed by atoms with E-state index in [4.69, 9.17) is 8.85 Å². The zero-order valence-electron chi connectivity index (χ0n) is 23.1. The Labute approximate surface area is 226 Å². The minimum Gasteiger partial charge on any atom is -0.413 e. The second kappa shape index (κ2) is 11.5. The van der Waals surface area contributed by atoms with Crippen LogP contribution in [0.1, 0.15) is 13.8 Å². The predicted octanol–water partition coefficient (Wildman–Crippen LogP) is 3.96. The topological polar surface area (TPSA) is 18.5 Å². The zero-order chi connectivity index (χ0) is 26.5. The van der Waals surface area contributed by atoms with Crippen LogP contribution in [0.4, 0.5) is 0 Å². The van der Waals surface area contributed by atoms with Gasteiger partial charge < -0.3 is 8.85 Å². The molecule has 0 spiro atoms. The fourth-order valence-electron chi connectivity index (χ4n) is 5.51. The highest BCUT2D eigenvalue weighted by atomic mass is 28.4. The third-order valence-electron chi connectivity index (χ3n) is 7.45. The Bertz CT molecular complexity index is 1170. The number of rotatable bonds is 10. The van der Waals surface area contributed by atoms with E-state index in [-0.39, 0.29) is 0 Å². The lowest BCUT2D eigenvalue weighted by molar-refractivity contribution is 0.338. The first-order chi connectivity index (χ1) is 17.8. The Morgan fingerprint density at radius 1 is 0.405 bits per heavy atom. The first-order valence-corrected chi connectivity index (χ1v) is 21.2. The van der Waals surface area contributed by atoms with Crippen LogP contribution in [0.25, 0.3) is 0 Å². The van der Waals surface area contributed by atoms with Crippen molar-refractivity contribution < 1.29 is 8.85 Å². The van der Waals surface area contributed by atoms with Gasteiger partial charge in [0.05, 0.1) is 0 Å². The van der Waals surface area contributed by atoms with Gasteiger partial charge in [0.1, 0.15) is 0 Å². The SMILES string of the molecule is CCO[Si](C)(C)c1ccc([Si](c2ccccc2)(c2ccccc2)c2ccc([Si](C)(C)OCC)cc2)cc1. The van der Waals surface area contributed by atoms with Gasteiger partial charge in [-0.2, -0.15) is 0 Å². The third kappa shape index (κ3) is 5.52. The molecule has 4 aromatic rings. The van der Waals surface area contributed by atoms with E-state index in [2.05, 4.69) is 149 Å². The van der Waals surface area contributed by atoms with E-state index < -0.39 is 24.7 Å². The molecule has 0 aliphatic heterocycles. The van der Waals surface area contributed by atoms with E-state index in [1.54, 1.807) is 0 Å². The van der Waals surface area contributed by atoms with Crippen LogP contribution in [0.15, 0.2) is 109 Å². The molecule has 5 heteroatoms. The van der Waals surface area contributed by atoms with Crippen LogP contribution in [0.3, 0.4) is 0 Å². The van der Waals surface area contributed by atoms with Gasteiger partial charge in [0.25, 0.3) is 0 Å². The second-order valence-electron chi connectivity index (χ2n) is 10.5. The predicted molar refractivity (Wildman–Crippen MR) is 168 cm³/mol. The zero-order valence-corrected chi connectivity index (χ0v) is 26.1. The maximum absolute atomic E-state index is 6.20. The first-order valence-electron chi connectivity index (χ1n) is 13.4. The number of benzene rings is 4. The van der Waals surface area contributed by atoms with Gasteiger partial charge in [-0.05, 0) is 71.2 Å². The molecule has 0 aliphatic carbocycles. The number of hydrogen-bond acceptors (Lipinski definition) is 2. The largest absolute Gasteiger partial charge is 0.413 e. The monoisotopic (exact) mass is 540 g/mol. The molecule has 37 heavy (non-hydrogen) atoms. The van der Waals surface area contributed by atoms with Gasteiger partial charge >= 0.3 is 0 Å². The lowest BCUT2D eigenvalue weighted by Gasteiger charge is -2.35. The molecule has 2 nitrogen and oxygen atoms in total. The summed E-state index contributed by atoms with van der Waals surface area (Å²) in [5.74, 6) is 0. The van der Waals surface area contributed by atoms with Crippen molar-refractivity contribution >= 4 is 55.8 Å². The molecule has 0 amide bonds. The molecule has 0 radical (unpaired) electrons. The van der Waals surface area contributed by atoms with Crippen LogP contribution < -0.4 is 31.1 Å². The van der Waals surface area contributed by atoms with Crippen LogP contribution >= 0.6 is 0 Å². The summed E-state index contributed by atoms with van der Waals surface area (Å²) >= 11 is 0. The van der Waals surface area contributed by atoms with Crippen molar-refractivity contribution in [2.75, 3.05) is 13.2 Å². The quantitative estimate of drug-likeness (QED) is 0.224. The van der Waals surface area contributed by atoms with Crippen molar-refractivity contribution in [2.24, 2.45) is 0 Å². The third-order valence-corrected chi connectivity index (χ3v) is 17.7. The smallest absolute Gasteiger partial charge is 0.218 e. The maximum atomic E-state index is 6.20. The van der Waals surface area contributed by atoms with Gasteiger partial charge in [-0.15, -0.1) is 0 Å². The Hall–Kier alpha value is -2.55. The average molecular weight is 541 g/mol. The van der Waals surface area contributed by atoms with Crippen molar-refractivity contribution in [1.82, 2.24) is 0 Å². The highest BCUT2D eigenvalue weighted by Crippen LogP contribution is 2.12. The lowest BCUT2D eigenvalue weighted by Crippen LogP contribution is -2.75. The molecule has 0 saturated carbocycles. The van der Waals surface area contributed by atoms with Gasteiger partial charge in [-0.3, -0.25) is 0 Å². The average Bonchev–Trinajstić information content (AvgIpc) is 2.91. The van der Waals surface area contributed by atoms with Gasteiger partial charge in [0.15, 0.2) is 8.07 Å². The Morgan fingerprint density at radius 2 is 0.676 bits per heavy atom. The molecular formula is C32H40O2Si3. The highest BCUT2D eigenvalue weighted by Gasteiger charge is 2.42. The Kier molecular flexibility index (Phi) is 8.51. The van der Waals surface area contributed by atoms with Crippen LogP contribution in [-0.2, 0) is 8.85 Å². The molecule has 0 N–H and O–H groups in total. The van der Waals surface area contributed by atoms with Crippen molar-refractivity contribution in [3.8, 4) is 0 Å². The molecule has 0 fully saturated rings. The normalized spacial score (nSPS) is 12.5. The Balaban J connectivity index is 1.97. The van der Waals surface area contributed by atoms with E-state index in [9.17, 15) is 0 Å². The summed E-state index contributed by atoms with van der Waals surface area (Å²) in [6.45, 7) is 14.8. The summed E-state index contributed by atoms with van der Waals surface area (Å²) in [7, 11) is -6.41. The van der Waals surface area contributed by atoms with Crippen molar-refractivity contribution in [2.45, 2.75) is 40.0 Å². The van der Waals surface area contributed by atoms with Crippen LogP contribution in [0.5, 0.6) is 0 Å². The molecular weight excluding hydrogens is 501 g/mol. The fraction of sp³-hybridized carbons (Fsp3) is 0.250. The van der Waals surface area contributed by atoms with Crippen LogP contribution in [0, 0.1) is 0 Å². The summed E-state index contributed by atoms with van der Waals surface area (Å²) in [6, 6.07) is 41.0. The molecule has 0 aliphatic rings. The van der Waals surface area contributed by atoms with E-state index in [1.807, 2.05) is 0 Å². The standard InChI is InChI=1S/C32H40O2Si3/c1-7-33-35(3,4)27-19-23-31(24-20-27)37(29-15-11-9-12-16-29,30-17-13-10-14-18-30)32-25-21-28(22-26-32)36(5,6)34-8-2/h9-26H,7-8H2,1-6H3. The summed E-state index contributed by atoms with van der Waals surface area (Å²) in [6.07, 6.45) is 0. The highest BCUT2D eigenvalue weighted by molar-refractivity contribution is 7.20. The molecule has 0 aromatic heterocycles. The van der Waals surface area contributed by atoms with Crippen LogP contribution in [0.2, 0.25) is 26.2 Å². The summed E-state index contributed by atoms with van der Waals surface area (Å²) in [4.78, 5) is 0. The minimum absolute atomic E-state index is 0.751. The Morgan fingerprint density at radius 3 is 0.973 bits per heavy atom. The maximum Gasteiger partial charge on any atom is 0.218 e. The van der Waals surface area contributed by atoms with Gasteiger partial charge in [0.2, 0.25) is 16.6 Å². The second-order valence-corrected chi connectivity index (χ2v) is 22.1. The molecule has 0 atom stereocenters. The van der Waals surface area contributed by atoms with Crippen molar-refractivity contribution in [3.63, 3.8) is 0 Å². The molecule has 0 unspecified atom stereocenters. The van der Waals surface area contributed by atoms with Crippen molar-refractivity contribution in [3.05, 3.63) is 109 Å². The van der Waals surface area contributed by atoms with E-state index in [0.29, 0.717) is 0 Å². The molecule has 0 saturated heterocycles. The molecule has 192 valence electrons. The molecule has 4 aromatic carbocycles. The minimum atomic E-state index is -2.55. The summed E-state index contributed by atoms with van der Waals surface area (Å²) < 4.78 is 12.4. The lowest BCUT2D eigenvalue weighted by atomic mass is 10.3. The van der Waals surface area contributed by atoms with Gasteiger partial charge in [0, 0.05) is 13.2 Å². The van der Waals surface area contributed by atoms with E-state index >= 15 is 0 Å². The summed E-state index contributed by atoms with van der Waals surface area (Å²) in [5, 5.41) is 8.24. The van der Waals surface area contributed by atoms with Crippen LogP contribution in [-0.4, -0.2) is 37.9 Å². The van der Waals surface area contributed by atoms with Gasteiger partial charge in [-0.25, -0.2) is 0 Å². The summed E-state index contributed by atoms with van der Waals surface area (Å²) in [5.41, 5.74) is 0. The van der Waals surface area contributed by atoms with E-state index in [1.165, 1.54) is 31.1 Å². The first kappa shape index (κ1) is 27.5. The van der Waals surface area contributed by atoms with Crippen molar-refractivity contribution in [1.29, 1.82) is 0 Å². The molecule has 0 heterocycles. The van der Waals surface area contributed by atoms with E-state index in [0.717, 1.165) is 13.2 Å². The molecule has 0 bridgehead atoms. The molecule has 4 rings (SSSR count). The van der Waals surface area contributed by atoms with Gasteiger partial charge in [-0.1, -0.05) is 109 Å². The fourth-order valence-corrected chi connectivity index (χ4v) is 13.9.